The van der Waals surface area contributed by atoms with Crippen molar-refractivity contribution in [1.29, 1.82) is 0 Å². The van der Waals surface area contributed by atoms with E-state index in [0.717, 1.165) is 58.9 Å². The average Bonchev–Trinajstić information content (AvgIpc) is 3.95. The first-order valence-corrected chi connectivity index (χ1v) is 17.8. The van der Waals surface area contributed by atoms with E-state index in [1.54, 1.807) is 9.80 Å². The molecule has 4 atom stereocenters. The Balaban J connectivity index is 1.17. The van der Waals surface area contributed by atoms with Crippen LogP contribution in [0.4, 0.5) is 9.59 Å². The van der Waals surface area contributed by atoms with Crippen molar-refractivity contribution in [2.75, 3.05) is 27.3 Å². The Hall–Kier alpha value is -5.58. The van der Waals surface area contributed by atoms with Gasteiger partial charge in [-0.15, -0.1) is 0 Å². The number of alkyl carbamates (subject to hydrolysis) is 2. The highest BCUT2D eigenvalue weighted by Crippen LogP contribution is 2.34. The van der Waals surface area contributed by atoms with Crippen molar-refractivity contribution >= 4 is 46.1 Å². The van der Waals surface area contributed by atoms with E-state index >= 15 is 0 Å². The summed E-state index contributed by atoms with van der Waals surface area (Å²) in [4.78, 5) is 71.0. The number of imidazole rings is 2. The molecule has 0 radical (unpaired) electrons. The van der Waals surface area contributed by atoms with Crippen LogP contribution in [0.1, 0.15) is 88.2 Å². The predicted octanol–water partition coefficient (Wildman–Crippen LogP) is 4.93. The maximum absolute atomic E-state index is 13.5. The number of benzene rings is 2. The van der Waals surface area contributed by atoms with Gasteiger partial charge in [-0.1, -0.05) is 39.5 Å². The van der Waals surface area contributed by atoms with Gasteiger partial charge >= 0.3 is 12.2 Å². The van der Waals surface area contributed by atoms with Crippen LogP contribution in [0.2, 0.25) is 0 Å². The Bertz CT molecular complexity index is 1900. The molecule has 14 heteroatoms. The van der Waals surface area contributed by atoms with Crippen LogP contribution in [0.15, 0.2) is 36.4 Å². The summed E-state index contributed by atoms with van der Waals surface area (Å²) in [5.74, 6) is 7.38. The Morgan fingerprint density at radius 3 is 1.48 bits per heavy atom. The van der Waals surface area contributed by atoms with E-state index in [2.05, 4.69) is 32.4 Å². The maximum atomic E-state index is 13.5. The van der Waals surface area contributed by atoms with Crippen molar-refractivity contribution < 1.29 is 28.7 Å². The number of hydrogen-bond donors (Lipinski definition) is 4. The Labute approximate surface area is 302 Å². The Kier molecular flexibility index (Phi) is 10.7. The van der Waals surface area contributed by atoms with Gasteiger partial charge in [0, 0.05) is 24.2 Å². The number of hydrogen-bond acceptors (Lipinski definition) is 8. The quantitative estimate of drug-likeness (QED) is 0.186. The number of H-pyrrole nitrogens is 2. The summed E-state index contributed by atoms with van der Waals surface area (Å²) in [5, 5.41) is 5.37. The zero-order valence-corrected chi connectivity index (χ0v) is 30.4. The highest BCUT2D eigenvalue weighted by Gasteiger charge is 2.39. The van der Waals surface area contributed by atoms with Crippen molar-refractivity contribution in [3.05, 3.63) is 59.2 Å². The highest BCUT2D eigenvalue weighted by atomic mass is 16.5. The Morgan fingerprint density at radius 2 is 1.12 bits per heavy atom. The number of ether oxygens (including phenoxy) is 2. The number of rotatable bonds is 8. The summed E-state index contributed by atoms with van der Waals surface area (Å²) in [6, 6.07) is 9.71. The van der Waals surface area contributed by atoms with Gasteiger partial charge in [0.1, 0.15) is 23.7 Å². The second-order valence-corrected chi connectivity index (χ2v) is 14.1. The number of nitrogens with one attached hydrogen (secondary N) is 4. The van der Waals surface area contributed by atoms with Gasteiger partial charge in [-0.3, -0.25) is 9.59 Å². The van der Waals surface area contributed by atoms with Crippen LogP contribution in [0.5, 0.6) is 0 Å². The third-order valence-corrected chi connectivity index (χ3v) is 9.84. The van der Waals surface area contributed by atoms with Crippen LogP contribution in [0.25, 0.3) is 22.1 Å². The number of carbonyl (C=O) groups excluding carboxylic acids is 4. The smallest absolute Gasteiger partial charge is 0.407 e. The fraction of sp³-hybridized carbons (Fsp3) is 0.474. The van der Waals surface area contributed by atoms with E-state index in [4.69, 9.17) is 19.4 Å². The number of nitrogens with zero attached hydrogens (tertiary/aromatic N) is 4. The molecular weight excluding hydrogens is 664 g/mol. The molecule has 0 saturated carbocycles. The first-order valence-electron chi connectivity index (χ1n) is 17.8. The van der Waals surface area contributed by atoms with Crippen LogP contribution in [0, 0.1) is 23.7 Å². The van der Waals surface area contributed by atoms with Gasteiger partial charge in [-0.2, -0.15) is 0 Å². The molecule has 4 amide bonds. The first-order chi connectivity index (χ1) is 25.0. The van der Waals surface area contributed by atoms with Crippen LogP contribution in [0.3, 0.4) is 0 Å². The molecule has 14 nitrogen and oxygen atoms in total. The number of fused-ring (bicyclic) bond motifs is 2. The van der Waals surface area contributed by atoms with Crippen LogP contribution in [-0.4, -0.2) is 93.1 Å². The van der Waals surface area contributed by atoms with Crippen LogP contribution in [-0.2, 0) is 19.1 Å². The molecule has 2 aliphatic rings. The van der Waals surface area contributed by atoms with Gasteiger partial charge in [-0.25, -0.2) is 19.6 Å². The SMILES string of the molecule is COC(=O)N[C@H](C(=O)N1CCC[C@H]1c1nc2ccc(C#Cc3ccc4nc([C@@H]5CCCN5C(=O)[C@H](NC(=O)OC)C(C)C)[nH]c4c3)cc2[nH]1)C(C)C. The normalized spacial score (nSPS) is 18.4. The molecule has 0 aliphatic carbocycles. The van der Waals surface area contributed by atoms with E-state index in [0.29, 0.717) is 24.7 Å². The van der Waals surface area contributed by atoms with Crippen molar-refractivity contribution in [3.8, 4) is 11.8 Å². The molecule has 0 bridgehead atoms. The standard InChI is InChI=1S/C38H46N8O6/c1-21(2)31(43-37(49)51-5)35(47)45-17-7-9-29(45)33-39-25-15-13-23(19-27(25)41-33)11-12-24-14-16-26-28(20-24)42-34(40-26)30-10-8-18-46(30)36(48)32(22(3)4)44-38(50)52-6/h13-16,19-22,29-32H,7-10,17-18H2,1-6H3,(H,39,41)(H,40,42)(H,43,49)(H,44,50)/t29-,30-,31-,32+/m0/s1. The predicted molar refractivity (Wildman–Crippen MR) is 194 cm³/mol. The summed E-state index contributed by atoms with van der Waals surface area (Å²) in [6.07, 6.45) is 1.92. The molecule has 2 aromatic heterocycles. The fourth-order valence-corrected chi connectivity index (χ4v) is 7.06. The maximum Gasteiger partial charge on any atom is 0.407 e. The van der Waals surface area contributed by atoms with E-state index in [1.165, 1.54) is 14.2 Å². The minimum Gasteiger partial charge on any atom is -0.453 e. The number of aromatic amines is 2. The number of carbonyl (C=O) groups is 4. The molecule has 4 aromatic rings. The van der Waals surface area contributed by atoms with Gasteiger partial charge < -0.3 is 39.9 Å². The second-order valence-electron chi connectivity index (χ2n) is 14.1. The van der Waals surface area contributed by atoms with Crippen LogP contribution >= 0.6 is 0 Å². The van der Waals surface area contributed by atoms with Crippen molar-refractivity contribution in [2.24, 2.45) is 11.8 Å². The van der Waals surface area contributed by atoms with Gasteiger partial charge in [0.15, 0.2) is 0 Å². The lowest BCUT2D eigenvalue weighted by Gasteiger charge is -2.29. The summed E-state index contributed by atoms with van der Waals surface area (Å²) >= 11 is 0. The van der Waals surface area contributed by atoms with E-state index in [1.807, 2.05) is 64.1 Å². The van der Waals surface area contributed by atoms with Crippen molar-refractivity contribution in [2.45, 2.75) is 77.5 Å². The molecule has 4 heterocycles. The monoisotopic (exact) mass is 710 g/mol. The third kappa shape index (κ3) is 7.54. The van der Waals surface area contributed by atoms with Gasteiger partial charge in [-0.05, 0) is 73.9 Å². The molecule has 52 heavy (non-hydrogen) atoms. The topological polar surface area (TPSA) is 175 Å². The van der Waals surface area contributed by atoms with Gasteiger partial charge in [0.05, 0.1) is 48.4 Å². The lowest BCUT2D eigenvalue weighted by Crippen LogP contribution is -2.51. The molecule has 0 unspecified atom stereocenters. The average molecular weight is 711 g/mol. The molecule has 2 saturated heterocycles. The molecule has 2 fully saturated rings. The number of likely N-dealkylation sites (tertiary alicyclic amines) is 2. The third-order valence-electron chi connectivity index (χ3n) is 9.84. The lowest BCUT2D eigenvalue weighted by molar-refractivity contribution is -0.136. The number of methoxy groups -OCH3 is 2. The zero-order valence-electron chi connectivity index (χ0n) is 30.4. The molecular formula is C38H46N8O6. The second kappa shape index (κ2) is 15.3. The van der Waals surface area contributed by atoms with E-state index in [-0.39, 0.29) is 35.7 Å². The lowest BCUT2D eigenvalue weighted by atomic mass is 10.0. The molecule has 6 rings (SSSR count). The summed E-state index contributed by atoms with van der Waals surface area (Å²) in [7, 11) is 2.57. The van der Waals surface area contributed by atoms with E-state index < -0.39 is 24.3 Å². The van der Waals surface area contributed by atoms with Crippen molar-refractivity contribution in [3.63, 3.8) is 0 Å². The summed E-state index contributed by atoms with van der Waals surface area (Å²) in [5.41, 5.74) is 4.80. The van der Waals surface area contributed by atoms with Gasteiger partial charge in [0.2, 0.25) is 11.8 Å². The minimum atomic E-state index is -0.701. The molecule has 274 valence electrons. The Morgan fingerprint density at radius 1 is 0.712 bits per heavy atom. The molecule has 2 aliphatic heterocycles. The fourth-order valence-electron chi connectivity index (χ4n) is 7.06. The minimum absolute atomic E-state index is 0.116. The first kappa shape index (κ1) is 36.2. The summed E-state index contributed by atoms with van der Waals surface area (Å²) < 4.78 is 9.50. The van der Waals surface area contributed by atoms with Crippen molar-refractivity contribution in [1.82, 2.24) is 40.4 Å². The largest absolute Gasteiger partial charge is 0.453 e. The number of aromatic nitrogens is 4. The molecule has 2 aromatic carbocycles. The number of amides is 4. The highest BCUT2D eigenvalue weighted by molar-refractivity contribution is 5.87. The molecule has 0 spiro atoms. The van der Waals surface area contributed by atoms with E-state index in [9.17, 15) is 19.2 Å². The van der Waals surface area contributed by atoms with Crippen LogP contribution < -0.4 is 10.6 Å². The zero-order chi connectivity index (χ0) is 37.1. The molecule has 4 N–H and O–H groups in total. The van der Waals surface area contributed by atoms with Gasteiger partial charge in [0.25, 0.3) is 0 Å². The summed E-state index contributed by atoms with van der Waals surface area (Å²) in [6.45, 7) is 8.73.